The third-order valence-electron chi connectivity index (χ3n) is 5.05. The summed E-state index contributed by atoms with van der Waals surface area (Å²) < 4.78 is 1.60. The van der Waals surface area contributed by atoms with Gasteiger partial charge in [0.2, 0.25) is 0 Å². The molecule has 0 saturated carbocycles. The molecule has 0 atom stereocenters. The Balaban J connectivity index is 2.01. The maximum atomic E-state index is 13.5. The van der Waals surface area contributed by atoms with Gasteiger partial charge in [0.25, 0.3) is 0 Å². The molecule has 0 radical (unpaired) electrons. The molecule has 0 aliphatic heterocycles. The molecule has 31 heavy (non-hydrogen) atoms. The van der Waals surface area contributed by atoms with E-state index in [2.05, 4.69) is 5.10 Å². The van der Waals surface area contributed by atoms with E-state index in [1.165, 1.54) is 13.8 Å². The molecule has 0 aliphatic rings. The van der Waals surface area contributed by atoms with Crippen LogP contribution in [0.15, 0.2) is 84.9 Å². The summed E-state index contributed by atoms with van der Waals surface area (Å²) in [6.45, 7) is 2.91. The molecule has 0 saturated heterocycles. The maximum Gasteiger partial charge on any atom is 0.197 e. The van der Waals surface area contributed by atoms with Gasteiger partial charge in [-0.3, -0.25) is 14.4 Å². The molecule has 0 fully saturated rings. The number of ketones is 3. The van der Waals surface area contributed by atoms with Gasteiger partial charge in [0, 0.05) is 23.6 Å². The minimum absolute atomic E-state index is 0.0420. The van der Waals surface area contributed by atoms with Gasteiger partial charge in [0.15, 0.2) is 17.3 Å². The number of hydrogen-bond acceptors (Lipinski definition) is 4. The van der Waals surface area contributed by atoms with Crippen molar-refractivity contribution in [2.24, 2.45) is 0 Å². The summed E-state index contributed by atoms with van der Waals surface area (Å²) in [6.07, 6.45) is 0. The number of carbonyl (C=O) groups is 3. The van der Waals surface area contributed by atoms with E-state index >= 15 is 0 Å². The van der Waals surface area contributed by atoms with Gasteiger partial charge >= 0.3 is 0 Å². The fourth-order valence-electron chi connectivity index (χ4n) is 3.50. The number of Topliss-reactive ketones (excluding diaryl/α,β-unsaturated/α-hetero) is 2. The quantitative estimate of drug-likeness (QED) is 0.413. The van der Waals surface area contributed by atoms with Crippen LogP contribution in [0.5, 0.6) is 0 Å². The minimum atomic E-state index is -0.296. The van der Waals surface area contributed by atoms with Crippen LogP contribution in [0.1, 0.15) is 50.6 Å². The van der Waals surface area contributed by atoms with Gasteiger partial charge < -0.3 is 0 Å². The molecule has 4 aromatic rings. The van der Waals surface area contributed by atoms with E-state index in [1.54, 1.807) is 53.2 Å². The van der Waals surface area contributed by atoms with Crippen LogP contribution in [0.3, 0.4) is 0 Å². The number of hydrogen-bond donors (Lipinski definition) is 0. The second kappa shape index (κ2) is 8.32. The molecule has 0 spiro atoms. The summed E-state index contributed by atoms with van der Waals surface area (Å²) in [7, 11) is 0. The van der Waals surface area contributed by atoms with E-state index in [1.807, 2.05) is 36.4 Å². The van der Waals surface area contributed by atoms with E-state index in [-0.39, 0.29) is 28.6 Å². The van der Waals surface area contributed by atoms with Crippen LogP contribution in [-0.2, 0) is 0 Å². The van der Waals surface area contributed by atoms with E-state index in [0.29, 0.717) is 22.5 Å². The molecule has 1 aromatic heterocycles. The molecule has 4 rings (SSSR count). The van der Waals surface area contributed by atoms with Gasteiger partial charge in [-0.2, -0.15) is 5.10 Å². The molecule has 152 valence electrons. The lowest BCUT2D eigenvalue weighted by Gasteiger charge is -2.10. The zero-order valence-corrected chi connectivity index (χ0v) is 17.2. The summed E-state index contributed by atoms with van der Waals surface area (Å²) in [4.78, 5) is 37.7. The highest BCUT2D eigenvalue weighted by Crippen LogP contribution is 2.31. The summed E-state index contributed by atoms with van der Waals surface area (Å²) in [5.74, 6) is -0.605. The number of nitrogens with zero attached hydrogens (tertiary/aromatic N) is 2. The lowest BCUT2D eigenvalue weighted by atomic mass is 9.96. The first-order valence-corrected chi connectivity index (χ1v) is 9.88. The highest BCUT2D eigenvalue weighted by Gasteiger charge is 2.28. The van der Waals surface area contributed by atoms with Gasteiger partial charge in [0.1, 0.15) is 5.69 Å². The lowest BCUT2D eigenvalue weighted by molar-refractivity contribution is 0.0987. The van der Waals surface area contributed by atoms with E-state index in [9.17, 15) is 14.4 Å². The van der Waals surface area contributed by atoms with Crippen LogP contribution in [0.2, 0.25) is 0 Å². The van der Waals surface area contributed by atoms with Gasteiger partial charge in [-0.05, 0) is 31.2 Å². The van der Waals surface area contributed by atoms with Crippen LogP contribution in [0.4, 0.5) is 0 Å². The molecule has 1 heterocycles. The molecule has 3 aromatic carbocycles. The fourth-order valence-corrected chi connectivity index (χ4v) is 3.50. The number of benzene rings is 3. The van der Waals surface area contributed by atoms with Gasteiger partial charge in [0.05, 0.1) is 16.9 Å². The predicted molar refractivity (Wildman–Crippen MR) is 119 cm³/mol. The normalized spacial score (nSPS) is 10.6. The van der Waals surface area contributed by atoms with Crippen molar-refractivity contribution in [1.82, 2.24) is 9.78 Å². The predicted octanol–water partition coefficient (Wildman–Crippen LogP) is 5.18. The molecule has 5 heteroatoms. The Kier molecular flexibility index (Phi) is 5.41. The highest BCUT2D eigenvalue weighted by molar-refractivity contribution is 6.18. The van der Waals surface area contributed by atoms with Gasteiger partial charge in [-0.15, -0.1) is 0 Å². The summed E-state index contributed by atoms with van der Waals surface area (Å²) >= 11 is 0. The van der Waals surface area contributed by atoms with Crippen molar-refractivity contribution in [1.29, 1.82) is 0 Å². The number of carbonyl (C=O) groups excluding carboxylic acids is 3. The van der Waals surface area contributed by atoms with Crippen molar-refractivity contribution in [2.75, 3.05) is 0 Å². The minimum Gasteiger partial charge on any atom is -0.295 e. The third-order valence-corrected chi connectivity index (χ3v) is 5.05. The third kappa shape index (κ3) is 3.85. The standard InChI is InChI=1S/C26H20N2O3/c1-17(29)19-13-15-22(16-14-19)28-25(20-9-5-3-6-10-20)23(24(27-28)18(2)30)26(31)21-11-7-4-8-12-21/h3-16H,1-2H3. The first kappa shape index (κ1) is 20.2. The van der Waals surface area contributed by atoms with Crippen LogP contribution < -0.4 is 0 Å². The van der Waals surface area contributed by atoms with Crippen molar-refractivity contribution in [3.05, 3.63) is 107 Å². The zero-order chi connectivity index (χ0) is 22.0. The number of aromatic nitrogens is 2. The van der Waals surface area contributed by atoms with E-state index in [4.69, 9.17) is 0 Å². The van der Waals surface area contributed by atoms with Crippen molar-refractivity contribution >= 4 is 17.3 Å². The van der Waals surface area contributed by atoms with Crippen molar-refractivity contribution in [3.63, 3.8) is 0 Å². The Labute approximate surface area is 180 Å². The lowest BCUT2D eigenvalue weighted by Crippen LogP contribution is -2.08. The van der Waals surface area contributed by atoms with Crippen LogP contribution in [0.25, 0.3) is 16.9 Å². The summed E-state index contributed by atoms with van der Waals surface area (Å²) in [6, 6.07) is 25.2. The Hall–Kier alpha value is -4.12. The Bertz CT molecular complexity index is 1270. The van der Waals surface area contributed by atoms with Crippen LogP contribution >= 0.6 is 0 Å². The fraction of sp³-hybridized carbons (Fsp3) is 0.0769. The Morgan fingerprint density at radius 2 is 1.26 bits per heavy atom. The van der Waals surface area contributed by atoms with E-state index < -0.39 is 0 Å². The second-order valence-electron chi connectivity index (χ2n) is 7.20. The number of rotatable bonds is 6. The Morgan fingerprint density at radius 3 is 1.81 bits per heavy atom. The summed E-state index contributed by atoms with van der Waals surface area (Å²) in [5.41, 5.74) is 3.38. The molecule has 5 nitrogen and oxygen atoms in total. The zero-order valence-electron chi connectivity index (χ0n) is 17.2. The average Bonchev–Trinajstić information content (AvgIpc) is 3.21. The molecular weight excluding hydrogens is 388 g/mol. The van der Waals surface area contributed by atoms with Gasteiger partial charge in [-0.25, -0.2) is 4.68 Å². The maximum absolute atomic E-state index is 13.5. The van der Waals surface area contributed by atoms with Crippen molar-refractivity contribution in [3.8, 4) is 16.9 Å². The van der Waals surface area contributed by atoms with Crippen molar-refractivity contribution < 1.29 is 14.4 Å². The SMILES string of the molecule is CC(=O)c1ccc(-n2nc(C(C)=O)c(C(=O)c3ccccc3)c2-c2ccccc2)cc1. The largest absolute Gasteiger partial charge is 0.295 e. The smallest absolute Gasteiger partial charge is 0.197 e. The Morgan fingerprint density at radius 1 is 0.677 bits per heavy atom. The molecule has 0 bridgehead atoms. The monoisotopic (exact) mass is 408 g/mol. The second-order valence-corrected chi connectivity index (χ2v) is 7.20. The van der Waals surface area contributed by atoms with E-state index in [0.717, 1.165) is 5.56 Å². The molecule has 0 amide bonds. The molecule has 0 aliphatic carbocycles. The topological polar surface area (TPSA) is 69.0 Å². The molecule has 0 N–H and O–H groups in total. The van der Waals surface area contributed by atoms with Crippen LogP contribution in [-0.4, -0.2) is 27.1 Å². The van der Waals surface area contributed by atoms with Gasteiger partial charge in [-0.1, -0.05) is 60.7 Å². The van der Waals surface area contributed by atoms with Crippen molar-refractivity contribution in [2.45, 2.75) is 13.8 Å². The molecule has 0 unspecified atom stereocenters. The molecular formula is C26H20N2O3. The highest BCUT2D eigenvalue weighted by atomic mass is 16.1. The first-order valence-electron chi connectivity index (χ1n) is 9.88. The first-order chi connectivity index (χ1) is 15.0. The average molecular weight is 408 g/mol. The summed E-state index contributed by atoms with van der Waals surface area (Å²) in [5, 5.41) is 4.54. The van der Waals surface area contributed by atoms with Crippen LogP contribution in [0, 0.1) is 0 Å².